The Hall–Kier alpha value is -0.610. The van der Waals surface area contributed by atoms with Gasteiger partial charge in [-0.2, -0.15) is 0 Å². The number of nitrogens with one attached hydrogen (secondary N) is 1. The van der Waals surface area contributed by atoms with Crippen LogP contribution in [0.3, 0.4) is 0 Å². The second kappa shape index (κ2) is 5.98. The van der Waals surface area contributed by atoms with Gasteiger partial charge in [0.15, 0.2) is 6.29 Å². The molecule has 4 nitrogen and oxygen atoms in total. The summed E-state index contributed by atoms with van der Waals surface area (Å²) >= 11 is 0. The molecule has 3 N–H and O–H groups in total. The Morgan fingerprint density at radius 3 is 2.00 bits per heavy atom. The van der Waals surface area contributed by atoms with E-state index in [1.165, 1.54) is 0 Å². The summed E-state index contributed by atoms with van der Waals surface area (Å²) in [4.78, 5) is 11.3. The van der Waals surface area contributed by atoms with Crippen molar-refractivity contribution in [2.45, 2.75) is 46.4 Å². The van der Waals surface area contributed by atoms with Gasteiger partial charge in [-0.1, -0.05) is 27.7 Å². The van der Waals surface area contributed by atoms with Crippen molar-refractivity contribution in [3.8, 4) is 0 Å². The molecule has 84 valence electrons. The lowest BCUT2D eigenvalue weighted by atomic mass is 10.0. The van der Waals surface area contributed by atoms with Crippen molar-refractivity contribution in [3.63, 3.8) is 0 Å². The highest BCUT2D eigenvalue weighted by Gasteiger charge is 2.22. The summed E-state index contributed by atoms with van der Waals surface area (Å²) in [5.74, 6) is 0.150. The SMILES string of the molecule is CC(C)CC(=O)NC(C(C)C)C(O)O. The first-order valence-electron chi connectivity index (χ1n) is 5.00. The van der Waals surface area contributed by atoms with Crippen LogP contribution in [0.2, 0.25) is 0 Å². The van der Waals surface area contributed by atoms with Crippen LogP contribution in [0.5, 0.6) is 0 Å². The number of aliphatic hydroxyl groups excluding tert-OH is 1. The molecule has 4 heteroatoms. The van der Waals surface area contributed by atoms with E-state index in [1.807, 2.05) is 27.7 Å². The van der Waals surface area contributed by atoms with Crippen molar-refractivity contribution in [1.82, 2.24) is 5.32 Å². The van der Waals surface area contributed by atoms with Crippen LogP contribution in [-0.4, -0.2) is 28.5 Å². The lowest BCUT2D eigenvalue weighted by Gasteiger charge is -2.24. The first-order chi connectivity index (χ1) is 6.34. The molecule has 0 aromatic carbocycles. The van der Waals surface area contributed by atoms with Gasteiger partial charge in [-0.15, -0.1) is 0 Å². The second-order valence-electron chi connectivity index (χ2n) is 4.35. The minimum Gasteiger partial charge on any atom is -0.366 e. The predicted molar refractivity (Wildman–Crippen MR) is 54.4 cm³/mol. The summed E-state index contributed by atoms with van der Waals surface area (Å²) in [7, 11) is 0. The van der Waals surface area contributed by atoms with E-state index in [0.29, 0.717) is 6.42 Å². The highest BCUT2D eigenvalue weighted by Crippen LogP contribution is 2.06. The quantitative estimate of drug-likeness (QED) is 0.569. The van der Waals surface area contributed by atoms with Gasteiger partial charge in [0, 0.05) is 6.42 Å². The molecule has 1 unspecified atom stereocenters. The van der Waals surface area contributed by atoms with Crippen LogP contribution in [0.1, 0.15) is 34.1 Å². The Labute approximate surface area is 85.3 Å². The molecule has 0 bridgehead atoms. The number of aliphatic hydroxyl groups is 2. The van der Waals surface area contributed by atoms with Crippen molar-refractivity contribution in [2.75, 3.05) is 0 Å². The Bertz CT molecular complexity index is 170. The van der Waals surface area contributed by atoms with Crippen LogP contribution < -0.4 is 5.32 Å². The molecule has 0 saturated carbocycles. The van der Waals surface area contributed by atoms with E-state index in [4.69, 9.17) is 10.2 Å². The van der Waals surface area contributed by atoms with Gasteiger partial charge in [-0.3, -0.25) is 4.79 Å². The highest BCUT2D eigenvalue weighted by atomic mass is 16.5. The zero-order valence-electron chi connectivity index (χ0n) is 9.32. The first kappa shape index (κ1) is 13.4. The van der Waals surface area contributed by atoms with Crippen molar-refractivity contribution in [2.24, 2.45) is 11.8 Å². The van der Waals surface area contributed by atoms with E-state index < -0.39 is 12.3 Å². The molecule has 0 aromatic heterocycles. The first-order valence-corrected chi connectivity index (χ1v) is 5.00. The average Bonchev–Trinajstić information content (AvgIpc) is 1.97. The van der Waals surface area contributed by atoms with Gasteiger partial charge in [0.1, 0.15) is 0 Å². The van der Waals surface area contributed by atoms with Crippen molar-refractivity contribution in [3.05, 3.63) is 0 Å². The third kappa shape index (κ3) is 5.19. The standard InChI is InChI=1S/C10H21NO3/c1-6(2)5-8(12)11-9(7(3)4)10(13)14/h6-7,9-10,13-14H,5H2,1-4H3,(H,11,12). The Kier molecular flexibility index (Phi) is 5.72. The Balaban J connectivity index is 4.10. The van der Waals surface area contributed by atoms with E-state index >= 15 is 0 Å². The van der Waals surface area contributed by atoms with E-state index in [1.54, 1.807) is 0 Å². The third-order valence-corrected chi connectivity index (χ3v) is 1.96. The third-order valence-electron chi connectivity index (χ3n) is 1.96. The molecule has 0 aliphatic carbocycles. The number of rotatable bonds is 5. The summed E-state index contributed by atoms with van der Waals surface area (Å²) in [5.41, 5.74) is 0. The second-order valence-corrected chi connectivity index (χ2v) is 4.35. The maximum absolute atomic E-state index is 11.3. The molecule has 0 spiro atoms. The van der Waals surface area contributed by atoms with Crippen LogP contribution in [0.4, 0.5) is 0 Å². The largest absolute Gasteiger partial charge is 0.366 e. The van der Waals surface area contributed by atoms with Gasteiger partial charge in [0.05, 0.1) is 6.04 Å². The van der Waals surface area contributed by atoms with E-state index in [0.717, 1.165) is 0 Å². The summed E-state index contributed by atoms with van der Waals surface area (Å²) < 4.78 is 0. The number of carbonyl (C=O) groups is 1. The van der Waals surface area contributed by atoms with Gasteiger partial charge < -0.3 is 15.5 Å². The van der Waals surface area contributed by atoms with Crippen LogP contribution in [-0.2, 0) is 4.79 Å². The lowest BCUT2D eigenvalue weighted by Crippen LogP contribution is -2.46. The van der Waals surface area contributed by atoms with E-state index in [2.05, 4.69) is 5.32 Å². The maximum atomic E-state index is 11.3. The molecule has 0 aliphatic rings. The number of amides is 1. The average molecular weight is 203 g/mol. The van der Waals surface area contributed by atoms with Gasteiger partial charge in [0.25, 0.3) is 0 Å². The van der Waals surface area contributed by atoms with Crippen LogP contribution in [0.25, 0.3) is 0 Å². The molecule has 1 atom stereocenters. The summed E-state index contributed by atoms with van der Waals surface area (Å²) in [5, 5.41) is 20.6. The van der Waals surface area contributed by atoms with Gasteiger partial charge in [-0.25, -0.2) is 0 Å². The van der Waals surface area contributed by atoms with E-state index in [-0.39, 0.29) is 17.7 Å². The summed E-state index contributed by atoms with van der Waals surface area (Å²) in [6, 6.07) is -0.582. The zero-order valence-corrected chi connectivity index (χ0v) is 9.32. The smallest absolute Gasteiger partial charge is 0.220 e. The van der Waals surface area contributed by atoms with Gasteiger partial charge in [-0.05, 0) is 11.8 Å². The van der Waals surface area contributed by atoms with Gasteiger partial charge >= 0.3 is 0 Å². The molecule has 0 heterocycles. The fraction of sp³-hybridized carbons (Fsp3) is 0.900. The number of carbonyl (C=O) groups excluding carboxylic acids is 1. The van der Waals surface area contributed by atoms with Crippen LogP contribution >= 0.6 is 0 Å². The fourth-order valence-electron chi connectivity index (χ4n) is 1.20. The molecule has 0 fully saturated rings. The summed E-state index contributed by atoms with van der Waals surface area (Å²) in [6.45, 7) is 7.55. The molecule has 0 saturated heterocycles. The molecule has 14 heavy (non-hydrogen) atoms. The number of hydrogen-bond acceptors (Lipinski definition) is 3. The molecular formula is C10H21NO3. The Morgan fingerprint density at radius 2 is 1.71 bits per heavy atom. The lowest BCUT2D eigenvalue weighted by molar-refractivity contribution is -0.129. The monoisotopic (exact) mass is 203 g/mol. The topological polar surface area (TPSA) is 69.6 Å². The highest BCUT2D eigenvalue weighted by molar-refractivity contribution is 5.76. The number of hydrogen-bond donors (Lipinski definition) is 3. The molecule has 0 radical (unpaired) electrons. The minimum atomic E-state index is -1.49. The molecular weight excluding hydrogens is 182 g/mol. The van der Waals surface area contributed by atoms with Crippen LogP contribution in [0.15, 0.2) is 0 Å². The normalized spacial score (nSPS) is 13.8. The maximum Gasteiger partial charge on any atom is 0.220 e. The predicted octanol–water partition coefficient (Wildman–Crippen LogP) is 0.484. The van der Waals surface area contributed by atoms with Crippen molar-refractivity contribution in [1.29, 1.82) is 0 Å². The van der Waals surface area contributed by atoms with Crippen molar-refractivity contribution >= 4 is 5.91 Å². The minimum absolute atomic E-state index is 0.00566. The molecule has 0 aromatic rings. The van der Waals surface area contributed by atoms with E-state index in [9.17, 15) is 4.79 Å². The van der Waals surface area contributed by atoms with Gasteiger partial charge in [0.2, 0.25) is 5.91 Å². The van der Waals surface area contributed by atoms with Crippen LogP contribution in [0, 0.1) is 11.8 Å². The molecule has 0 aliphatic heterocycles. The zero-order chi connectivity index (χ0) is 11.3. The Morgan fingerprint density at radius 1 is 1.21 bits per heavy atom. The molecule has 1 amide bonds. The fourth-order valence-corrected chi connectivity index (χ4v) is 1.20. The molecule has 0 rings (SSSR count). The van der Waals surface area contributed by atoms with Crippen molar-refractivity contribution < 1.29 is 15.0 Å². The summed E-state index contributed by atoms with van der Waals surface area (Å²) in [6.07, 6.45) is -1.08.